The summed E-state index contributed by atoms with van der Waals surface area (Å²) in [6.07, 6.45) is 5.74. The summed E-state index contributed by atoms with van der Waals surface area (Å²) >= 11 is 1.30. The van der Waals surface area contributed by atoms with Crippen LogP contribution in [0.2, 0.25) is 0 Å². The van der Waals surface area contributed by atoms with Crippen LogP contribution in [-0.2, 0) is 11.2 Å². The topological polar surface area (TPSA) is 17.1 Å². The van der Waals surface area contributed by atoms with Crippen LogP contribution in [0.5, 0.6) is 0 Å². The zero-order chi connectivity index (χ0) is 9.97. The maximum atomic E-state index is 11.5. The quantitative estimate of drug-likeness (QED) is 0.699. The van der Waals surface area contributed by atoms with Crippen LogP contribution in [0.1, 0.15) is 17.5 Å². The molecule has 0 bridgehead atoms. The Hall–Kier alpha value is -1.02. The van der Waals surface area contributed by atoms with E-state index in [9.17, 15) is 4.79 Å². The van der Waals surface area contributed by atoms with E-state index >= 15 is 0 Å². The van der Waals surface area contributed by atoms with Crippen LogP contribution in [0.4, 0.5) is 0 Å². The zero-order valence-corrected chi connectivity index (χ0v) is 8.93. The first-order valence-electron chi connectivity index (χ1n) is 4.68. The van der Waals surface area contributed by atoms with Crippen molar-refractivity contribution in [2.45, 2.75) is 12.8 Å². The van der Waals surface area contributed by atoms with Crippen molar-refractivity contribution in [3.05, 3.63) is 41.0 Å². The molecule has 2 rings (SSSR count). The molecule has 1 nitrogen and oxygen atoms in total. The number of rotatable bonds is 1. The Morgan fingerprint density at radius 2 is 2.07 bits per heavy atom. The number of carbonyl (C=O) groups is 1. The summed E-state index contributed by atoms with van der Waals surface area (Å²) < 4.78 is 0. The third-order valence-corrected chi connectivity index (χ3v) is 3.13. The Morgan fingerprint density at radius 3 is 2.86 bits per heavy atom. The van der Waals surface area contributed by atoms with Crippen molar-refractivity contribution in [3.63, 3.8) is 0 Å². The highest BCUT2D eigenvalue weighted by atomic mass is 32.2. The predicted octanol–water partition coefficient (Wildman–Crippen LogP) is 2.91. The van der Waals surface area contributed by atoms with Gasteiger partial charge in [-0.1, -0.05) is 36.0 Å². The number of benzene rings is 1. The van der Waals surface area contributed by atoms with Crippen LogP contribution in [0.25, 0.3) is 6.08 Å². The fraction of sp³-hybridized carbons (Fsp3) is 0.250. The zero-order valence-electron chi connectivity index (χ0n) is 8.12. The lowest BCUT2D eigenvalue weighted by atomic mass is 9.93. The molecule has 0 saturated carbocycles. The Morgan fingerprint density at radius 1 is 1.29 bits per heavy atom. The second-order valence-corrected chi connectivity index (χ2v) is 4.14. The first kappa shape index (κ1) is 9.53. The molecule has 1 aliphatic carbocycles. The molecule has 2 heteroatoms. The highest BCUT2D eigenvalue weighted by Gasteiger charge is 2.14. The van der Waals surface area contributed by atoms with Crippen molar-refractivity contribution >= 4 is 23.0 Å². The number of hydrogen-bond donors (Lipinski definition) is 0. The van der Waals surface area contributed by atoms with E-state index < -0.39 is 0 Å². The van der Waals surface area contributed by atoms with Gasteiger partial charge in [0.15, 0.2) is 0 Å². The molecule has 0 unspecified atom stereocenters. The molecule has 0 spiro atoms. The largest absolute Gasteiger partial charge is 0.282 e. The standard InChI is InChI=1S/C12H12OS/c1-14-12(13)11-7-6-9-4-2-3-5-10(9)8-11/h2-5,8H,6-7H2,1H3. The molecular formula is C12H12OS. The molecular weight excluding hydrogens is 192 g/mol. The first-order valence-corrected chi connectivity index (χ1v) is 5.90. The third kappa shape index (κ3) is 1.75. The van der Waals surface area contributed by atoms with E-state index in [-0.39, 0.29) is 5.12 Å². The second kappa shape index (κ2) is 4.01. The molecule has 0 heterocycles. The minimum atomic E-state index is 0.208. The summed E-state index contributed by atoms with van der Waals surface area (Å²) in [6, 6.07) is 8.27. The molecule has 0 N–H and O–H groups in total. The molecule has 1 aromatic carbocycles. The van der Waals surface area contributed by atoms with Crippen LogP contribution < -0.4 is 0 Å². The SMILES string of the molecule is CSC(=O)C1=Cc2ccccc2CC1. The van der Waals surface area contributed by atoms with E-state index in [1.807, 2.05) is 24.5 Å². The van der Waals surface area contributed by atoms with Crippen LogP contribution in [-0.4, -0.2) is 11.4 Å². The molecule has 0 amide bonds. The van der Waals surface area contributed by atoms with Gasteiger partial charge in [0.2, 0.25) is 5.12 Å². The van der Waals surface area contributed by atoms with Crippen molar-refractivity contribution in [3.8, 4) is 0 Å². The summed E-state index contributed by atoms with van der Waals surface area (Å²) in [5, 5.41) is 0.208. The summed E-state index contributed by atoms with van der Waals surface area (Å²) in [5.74, 6) is 0. The van der Waals surface area contributed by atoms with Gasteiger partial charge in [-0.3, -0.25) is 4.79 Å². The van der Waals surface area contributed by atoms with Crippen LogP contribution in [0.3, 0.4) is 0 Å². The molecule has 0 radical (unpaired) electrons. The lowest BCUT2D eigenvalue weighted by Crippen LogP contribution is -2.04. The van der Waals surface area contributed by atoms with Gasteiger partial charge in [0.25, 0.3) is 0 Å². The number of aryl methyl sites for hydroxylation is 1. The fourth-order valence-electron chi connectivity index (χ4n) is 1.72. The molecule has 14 heavy (non-hydrogen) atoms. The summed E-state index contributed by atoms with van der Waals surface area (Å²) in [5.41, 5.74) is 3.51. The fourth-order valence-corrected chi connectivity index (χ4v) is 2.15. The maximum absolute atomic E-state index is 11.5. The van der Waals surface area contributed by atoms with Crippen molar-refractivity contribution in [1.82, 2.24) is 0 Å². The summed E-state index contributed by atoms with van der Waals surface area (Å²) in [7, 11) is 0. The number of thioether (sulfide) groups is 1. The Bertz CT molecular complexity index is 393. The molecule has 72 valence electrons. The Kier molecular flexibility index (Phi) is 2.73. The number of carbonyl (C=O) groups excluding carboxylic acids is 1. The van der Waals surface area contributed by atoms with Gasteiger partial charge in [0.05, 0.1) is 0 Å². The van der Waals surface area contributed by atoms with Gasteiger partial charge in [-0.2, -0.15) is 0 Å². The number of fused-ring (bicyclic) bond motifs is 1. The van der Waals surface area contributed by atoms with Crippen molar-refractivity contribution in [1.29, 1.82) is 0 Å². The molecule has 1 aromatic rings. The molecule has 0 aliphatic heterocycles. The average molecular weight is 204 g/mol. The number of hydrogen-bond acceptors (Lipinski definition) is 2. The van der Waals surface area contributed by atoms with Crippen molar-refractivity contribution < 1.29 is 4.79 Å². The minimum Gasteiger partial charge on any atom is -0.282 e. The molecule has 0 atom stereocenters. The van der Waals surface area contributed by atoms with Gasteiger partial charge in [-0.05, 0) is 36.3 Å². The van der Waals surface area contributed by atoms with Gasteiger partial charge < -0.3 is 0 Å². The Balaban J connectivity index is 2.36. The van der Waals surface area contributed by atoms with Gasteiger partial charge >= 0.3 is 0 Å². The third-order valence-electron chi connectivity index (χ3n) is 2.50. The smallest absolute Gasteiger partial charge is 0.215 e. The average Bonchev–Trinajstić information content (AvgIpc) is 2.27. The monoisotopic (exact) mass is 204 g/mol. The van der Waals surface area contributed by atoms with Crippen molar-refractivity contribution in [2.75, 3.05) is 6.26 Å². The van der Waals surface area contributed by atoms with Gasteiger partial charge in [0.1, 0.15) is 0 Å². The van der Waals surface area contributed by atoms with E-state index in [2.05, 4.69) is 12.1 Å². The van der Waals surface area contributed by atoms with Crippen molar-refractivity contribution in [2.24, 2.45) is 0 Å². The van der Waals surface area contributed by atoms with Crippen LogP contribution >= 0.6 is 11.8 Å². The maximum Gasteiger partial charge on any atom is 0.215 e. The minimum absolute atomic E-state index is 0.208. The van der Waals surface area contributed by atoms with E-state index in [4.69, 9.17) is 0 Å². The van der Waals surface area contributed by atoms with Gasteiger partial charge in [0, 0.05) is 5.57 Å². The van der Waals surface area contributed by atoms with Crippen LogP contribution in [0, 0.1) is 0 Å². The predicted molar refractivity (Wildman–Crippen MR) is 61.3 cm³/mol. The summed E-state index contributed by atoms with van der Waals surface area (Å²) in [4.78, 5) is 11.5. The van der Waals surface area contributed by atoms with Crippen LogP contribution in [0.15, 0.2) is 29.8 Å². The lowest BCUT2D eigenvalue weighted by Gasteiger charge is -2.14. The molecule has 1 aliphatic rings. The Labute approximate surface area is 88.2 Å². The normalized spacial score (nSPS) is 14.5. The molecule has 0 saturated heterocycles. The van der Waals surface area contributed by atoms with Gasteiger partial charge in [-0.15, -0.1) is 0 Å². The first-order chi connectivity index (χ1) is 6.81. The molecule has 0 aromatic heterocycles. The van der Waals surface area contributed by atoms with E-state index in [0.717, 1.165) is 18.4 Å². The highest BCUT2D eigenvalue weighted by molar-refractivity contribution is 8.13. The summed E-state index contributed by atoms with van der Waals surface area (Å²) in [6.45, 7) is 0. The lowest BCUT2D eigenvalue weighted by molar-refractivity contribution is -0.107. The molecule has 0 fully saturated rings. The second-order valence-electron chi connectivity index (χ2n) is 3.36. The van der Waals surface area contributed by atoms with E-state index in [0.29, 0.717) is 0 Å². The van der Waals surface area contributed by atoms with Gasteiger partial charge in [-0.25, -0.2) is 0 Å². The van der Waals surface area contributed by atoms with E-state index in [1.54, 1.807) is 0 Å². The highest BCUT2D eigenvalue weighted by Crippen LogP contribution is 2.25. The van der Waals surface area contributed by atoms with E-state index in [1.165, 1.54) is 22.9 Å².